The number of hydrogen-bond donors (Lipinski definition) is 0. The van der Waals surface area contributed by atoms with Crippen molar-refractivity contribution >= 4 is 23.8 Å². The lowest BCUT2D eigenvalue weighted by molar-refractivity contribution is -0.134. The molecule has 0 aliphatic rings. The van der Waals surface area contributed by atoms with Crippen LogP contribution >= 0.6 is 0 Å². The van der Waals surface area contributed by atoms with Crippen molar-refractivity contribution in [1.29, 1.82) is 0 Å². The molecule has 0 radical (unpaired) electrons. The smallest absolute Gasteiger partial charge is 0.338 e. The van der Waals surface area contributed by atoms with Gasteiger partial charge in [-0.15, -0.1) is 0 Å². The fourth-order valence-electron chi connectivity index (χ4n) is 2.27. The third-order valence-electron chi connectivity index (χ3n) is 3.90. The molecule has 0 saturated carbocycles. The summed E-state index contributed by atoms with van der Waals surface area (Å²) in [6, 6.07) is 12.1. The molecular weight excluding hydrogens is 358 g/mol. The van der Waals surface area contributed by atoms with Crippen LogP contribution in [0, 0.1) is 0 Å². The van der Waals surface area contributed by atoms with Crippen LogP contribution in [-0.4, -0.2) is 31.9 Å². The van der Waals surface area contributed by atoms with Gasteiger partial charge in [-0.1, -0.05) is 20.3 Å². The van der Waals surface area contributed by atoms with Gasteiger partial charge in [0.25, 0.3) is 0 Å². The molecule has 2 aromatic rings. The first-order valence-corrected chi connectivity index (χ1v) is 9.27. The van der Waals surface area contributed by atoms with E-state index in [1.165, 1.54) is 7.11 Å². The molecule has 0 aliphatic heterocycles. The van der Waals surface area contributed by atoms with Gasteiger partial charge in [0.2, 0.25) is 0 Å². The van der Waals surface area contributed by atoms with E-state index in [4.69, 9.17) is 14.2 Å². The maximum Gasteiger partial charge on any atom is 0.338 e. The van der Waals surface area contributed by atoms with Crippen molar-refractivity contribution in [3.8, 4) is 11.5 Å². The number of carbonyl (C=O) groups is 2. The summed E-state index contributed by atoms with van der Waals surface area (Å²) < 4.78 is 15.7. The number of hydrogen-bond acceptors (Lipinski definition) is 6. The van der Waals surface area contributed by atoms with Crippen molar-refractivity contribution < 1.29 is 23.8 Å². The normalized spacial score (nSPS) is 10.7. The first kappa shape index (κ1) is 21.2. The Morgan fingerprint density at radius 1 is 1.04 bits per heavy atom. The van der Waals surface area contributed by atoms with Gasteiger partial charge in [-0.2, -0.15) is 0 Å². The number of unbranched alkanes of at least 4 members (excludes halogenated alkanes) is 1. The average molecular weight is 383 g/mol. The van der Waals surface area contributed by atoms with Crippen LogP contribution in [-0.2, 0) is 9.53 Å². The second kappa shape index (κ2) is 10.9. The number of carbonyl (C=O) groups excluding carboxylic acids is 2. The Bertz CT molecular complexity index is 827. The van der Waals surface area contributed by atoms with E-state index in [1.807, 2.05) is 6.92 Å². The molecule has 0 fully saturated rings. The lowest BCUT2D eigenvalue weighted by Crippen LogP contribution is -2.06. The van der Waals surface area contributed by atoms with E-state index in [2.05, 4.69) is 4.99 Å². The fraction of sp³-hybridized carbons (Fsp3) is 0.318. The molecule has 2 aromatic carbocycles. The van der Waals surface area contributed by atoms with Crippen molar-refractivity contribution in [3.63, 3.8) is 0 Å². The van der Waals surface area contributed by atoms with Crippen molar-refractivity contribution in [2.24, 2.45) is 4.99 Å². The number of ether oxygens (including phenoxy) is 3. The summed E-state index contributed by atoms with van der Waals surface area (Å²) in [4.78, 5) is 27.8. The first-order chi connectivity index (χ1) is 13.6. The molecule has 0 aromatic heterocycles. The molecule has 0 bridgehead atoms. The van der Waals surface area contributed by atoms with Crippen LogP contribution in [0.2, 0.25) is 0 Å². The van der Waals surface area contributed by atoms with E-state index in [0.717, 1.165) is 18.4 Å². The highest BCUT2D eigenvalue weighted by Crippen LogP contribution is 2.28. The summed E-state index contributed by atoms with van der Waals surface area (Å²) in [5, 5.41) is 0. The van der Waals surface area contributed by atoms with Crippen LogP contribution < -0.4 is 9.47 Å². The predicted molar refractivity (Wildman–Crippen MR) is 108 cm³/mol. The van der Waals surface area contributed by atoms with Gasteiger partial charge in [-0.25, -0.2) is 4.79 Å². The van der Waals surface area contributed by atoms with Gasteiger partial charge in [0, 0.05) is 12.6 Å². The SMILES string of the molecule is CCCCOC(=O)c1ccc(N=Cc2ccc(OC(=O)CC)c(OC)c2)cc1. The minimum Gasteiger partial charge on any atom is -0.493 e. The Morgan fingerprint density at radius 2 is 1.79 bits per heavy atom. The maximum absolute atomic E-state index is 11.9. The van der Waals surface area contributed by atoms with Gasteiger partial charge < -0.3 is 14.2 Å². The quantitative estimate of drug-likeness (QED) is 0.271. The average Bonchev–Trinajstić information content (AvgIpc) is 2.73. The van der Waals surface area contributed by atoms with Gasteiger partial charge in [-0.3, -0.25) is 9.79 Å². The molecule has 6 heteroatoms. The first-order valence-electron chi connectivity index (χ1n) is 9.27. The number of benzene rings is 2. The zero-order valence-corrected chi connectivity index (χ0v) is 16.4. The highest BCUT2D eigenvalue weighted by atomic mass is 16.6. The zero-order chi connectivity index (χ0) is 20.4. The standard InChI is InChI=1S/C22H25NO5/c1-4-6-13-27-22(25)17-8-10-18(11-9-17)23-15-16-7-12-19(20(14-16)26-3)28-21(24)5-2/h7-12,14-15H,4-6,13H2,1-3H3. The van der Waals surface area contributed by atoms with Gasteiger partial charge in [0.1, 0.15) is 0 Å². The van der Waals surface area contributed by atoms with Crippen LogP contribution in [0.15, 0.2) is 47.5 Å². The van der Waals surface area contributed by atoms with Crippen LogP contribution in [0.25, 0.3) is 0 Å². The number of esters is 2. The third-order valence-corrected chi connectivity index (χ3v) is 3.90. The van der Waals surface area contributed by atoms with E-state index >= 15 is 0 Å². The molecule has 0 aliphatic carbocycles. The number of rotatable bonds is 9. The van der Waals surface area contributed by atoms with Crippen LogP contribution in [0.3, 0.4) is 0 Å². The number of methoxy groups -OCH3 is 1. The molecule has 0 amide bonds. The topological polar surface area (TPSA) is 74.2 Å². The highest BCUT2D eigenvalue weighted by molar-refractivity contribution is 5.90. The van der Waals surface area contributed by atoms with E-state index < -0.39 is 0 Å². The monoisotopic (exact) mass is 383 g/mol. The van der Waals surface area contributed by atoms with E-state index in [9.17, 15) is 9.59 Å². The lowest BCUT2D eigenvalue weighted by Gasteiger charge is -2.09. The summed E-state index contributed by atoms with van der Waals surface area (Å²) in [7, 11) is 1.51. The van der Waals surface area contributed by atoms with Crippen LogP contribution in [0.4, 0.5) is 5.69 Å². The maximum atomic E-state index is 11.9. The van der Waals surface area contributed by atoms with Gasteiger partial charge in [0.05, 0.1) is 25.0 Å². The Hall–Kier alpha value is -3.15. The number of aliphatic imine (C=N–C) groups is 1. The van der Waals surface area contributed by atoms with Crippen molar-refractivity contribution in [3.05, 3.63) is 53.6 Å². The Labute approximate surface area is 165 Å². The predicted octanol–water partition coefficient (Wildman–Crippen LogP) is 4.72. The second-order valence-corrected chi connectivity index (χ2v) is 6.03. The lowest BCUT2D eigenvalue weighted by atomic mass is 10.2. The molecule has 2 rings (SSSR count). The van der Waals surface area contributed by atoms with E-state index in [0.29, 0.717) is 29.4 Å². The summed E-state index contributed by atoms with van der Waals surface area (Å²) in [5.74, 6) is 0.173. The van der Waals surface area contributed by atoms with Crippen molar-refractivity contribution in [2.75, 3.05) is 13.7 Å². The molecule has 0 atom stereocenters. The van der Waals surface area contributed by atoms with Gasteiger partial charge in [0.15, 0.2) is 11.5 Å². The van der Waals surface area contributed by atoms with Crippen LogP contribution in [0.5, 0.6) is 11.5 Å². The van der Waals surface area contributed by atoms with Crippen molar-refractivity contribution in [2.45, 2.75) is 33.1 Å². The summed E-state index contributed by atoms with van der Waals surface area (Å²) >= 11 is 0. The summed E-state index contributed by atoms with van der Waals surface area (Å²) in [5.41, 5.74) is 1.99. The van der Waals surface area contributed by atoms with E-state index in [-0.39, 0.29) is 18.4 Å². The zero-order valence-electron chi connectivity index (χ0n) is 16.4. The molecule has 0 heterocycles. The summed E-state index contributed by atoms with van der Waals surface area (Å²) in [6.45, 7) is 4.20. The van der Waals surface area contributed by atoms with Gasteiger partial charge in [-0.05, 0) is 54.4 Å². The van der Waals surface area contributed by atoms with Gasteiger partial charge >= 0.3 is 11.9 Å². The minimum atomic E-state index is -0.328. The Morgan fingerprint density at radius 3 is 2.43 bits per heavy atom. The molecular formula is C22H25NO5. The minimum absolute atomic E-state index is 0.286. The molecule has 0 unspecified atom stereocenters. The second-order valence-electron chi connectivity index (χ2n) is 6.03. The Balaban J connectivity index is 2.04. The molecule has 148 valence electrons. The van der Waals surface area contributed by atoms with E-state index in [1.54, 1.807) is 55.6 Å². The van der Waals surface area contributed by atoms with Crippen molar-refractivity contribution in [1.82, 2.24) is 0 Å². The molecule has 28 heavy (non-hydrogen) atoms. The molecule has 0 N–H and O–H groups in total. The number of nitrogens with zero attached hydrogens (tertiary/aromatic N) is 1. The highest BCUT2D eigenvalue weighted by Gasteiger charge is 2.09. The third kappa shape index (κ3) is 6.23. The summed E-state index contributed by atoms with van der Waals surface area (Å²) in [6.07, 6.45) is 3.79. The molecule has 0 spiro atoms. The Kier molecular flexibility index (Phi) is 8.21. The largest absolute Gasteiger partial charge is 0.493 e. The molecule has 0 saturated heterocycles. The van der Waals surface area contributed by atoms with Crippen LogP contribution in [0.1, 0.15) is 49.0 Å². The molecule has 6 nitrogen and oxygen atoms in total. The fourth-order valence-corrected chi connectivity index (χ4v) is 2.27.